The van der Waals surface area contributed by atoms with Crippen molar-refractivity contribution in [3.05, 3.63) is 46.7 Å². The molecular weight excluding hydrogens is 281 g/mol. The van der Waals surface area contributed by atoms with Crippen LogP contribution in [0.4, 0.5) is 4.39 Å². The fourth-order valence-corrected chi connectivity index (χ4v) is 3.02. The van der Waals surface area contributed by atoms with E-state index in [1.165, 1.54) is 12.1 Å². The standard InChI is InChI=1S/C14H12FNOS2/c15-13-8-11(3-1-2-5-17)7-12(9-13)10-19-14-16-4-6-18-14/h4,6-9,17H,2,5,10H2. The Morgan fingerprint density at radius 1 is 1.37 bits per heavy atom. The van der Waals surface area contributed by atoms with Crippen molar-refractivity contribution in [2.24, 2.45) is 0 Å². The quantitative estimate of drug-likeness (QED) is 0.693. The van der Waals surface area contributed by atoms with E-state index in [2.05, 4.69) is 16.8 Å². The second-order valence-corrected chi connectivity index (χ2v) is 5.83. The lowest BCUT2D eigenvalue weighted by atomic mass is 10.1. The van der Waals surface area contributed by atoms with E-state index in [1.807, 2.05) is 11.4 Å². The molecule has 0 aliphatic heterocycles. The summed E-state index contributed by atoms with van der Waals surface area (Å²) in [6, 6.07) is 4.79. The third kappa shape index (κ3) is 4.67. The minimum atomic E-state index is -0.287. The van der Waals surface area contributed by atoms with Crippen LogP contribution in [0.2, 0.25) is 0 Å². The molecule has 0 saturated heterocycles. The first-order chi connectivity index (χ1) is 9.28. The number of aliphatic hydroxyl groups excluding tert-OH is 1. The first-order valence-corrected chi connectivity index (χ1v) is 7.56. The van der Waals surface area contributed by atoms with Crippen LogP contribution in [0.1, 0.15) is 17.5 Å². The lowest BCUT2D eigenvalue weighted by Gasteiger charge is -2.01. The first kappa shape index (κ1) is 14.1. The predicted octanol–water partition coefficient (Wildman–Crippen LogP) is 3.31. The summed E-state index contributed by atoms with van der Waals surface area (Å²) in [5, 5.41) is 10.6. The van der Waals surface area contributed by atoms with Crippen molar-refractivity contribution in [1.82, 2.24) is 4.98 Å². The molecule has 1 aromatic carbocycles. The highest BCUT2D eigenvalue weighted by Gasteiger charge is 2.02. The molecule has 0 atom stereocenters. The zero-order valence-electron chi connectivity index (χ0n) is 10.1. The molecule has 0 amide bonds. The van der Waals surface area contributed by atoms with Crippen LogP contribution in [0.5, 0.6) is 0 Å². The van der Waals surface area contributed by atoms with Crippen molar-refractivity contribution in [2.45, 2.75) is 16.5 Å². The first-order valence-electron chi connectivity index (χ1n) is 5.69. The second-order valence-electron chi connectivity index (χ2n) is 3.71. The number of aliphatic hydroxyl groups is 1. The third-order valence-electron chi connectivity index (χ3n) is 2.20. The molecule has 0 unspecified atom stereocenters. The maximum atomic E-state index is 13.5. The number of halogens is 1. The molecule has 1 N–H and O–H groups in total. The van der Waals surface area contributed by atoms with Gasteiger partial charge in [0.2, 0.25) is 0 Å². The van der Waals surface area contributed by atoms with Gasteiger partial charge < -0.3 is 5.11 Å². The van der Waals surface area contributed by atoms with Crippen molar-refractivity contribution in [1.29, 1.82) is 0 Å². The summed E-state index contributed by atoms with van der Waals surface area (Å²) >= 11 is 3.15. The van der Waals surface area contributed by atoms with Crippen molar-refractivity contribution in [3.8, 4) is 11.8 Å². The van der Waals surface area contributed by atoms with Crippen LogP contribution in [0.25, 0.3) is 0 Å². The molecule has 0 spiro atoms. The average Bonchev–Trinajstić information content (AvgIpc) is 2.89. The molecule has 2 rings (SSSR count). The highest BCUT2D eigenvalue weighted by molar-refractivity contribution is 8.00. The molecule has 0 saturated carbocycles. The molecule has 5 heteroatoms. The van der Waals surface area contributed by atoms with Gasteiger partial charge in [-0.2, -0.15) is 0 Å². The fourth-order valence-electron chi connectivity index (χ4n) is 1.45. The topological polar surface area (TPSA) is 33.1 Å². The van der Waals surface area contributed by atoms with Gasteiger partial charge in [-0.3, -0.25) is 0 Å². The highest BCUT2D eigenvalue weighted by Crippen LogP contribution is 2.25. The monoisotopic (exact) mass is 293 g/mol. The van der Waals surface area contributed by atoms with Gasteiger partial charge in [0.1, 0.15) is 10.2 Å². The molecule has 0 bridgehead atoms. The van der Waals surface area contributed by atoms with E-state index in [1.54, 1.807) is 29.3 Å². The van der Waals surface area contributed by atoms with Gasteiger partial charge in [0.25, 0.3) is 0 Å². The highest BCUT2D eigenvalue weighted by atomic mass is 32.2. The van der Waals surface area contributed by atoms with E-state index < -0.39 is 0 Å². The molecule has 0 radical (unpaired) electrons. The van der Waals surface area contributed by atoms with Crippen molar-refractivity contribution < 1.29 is 9.50 Å². The summed E-state index contributed by atoms with van der Waals surface area (Å²) in [6.45, 7) is 0.0229. The van der Waals surface area contributed by atoms with Gasteiger partial charge in [0.15, 0.2) is 0 Å². The molecule has 1 aromatic heterocycles. The number of nitrogens with zero attached hydrogens (tertiary/aromatic N) is 1. The van der Waals surface area contributed by atoms with Gasteiger partial charge in [-0.1, -0.05) is 23.6 Å². The third-order valence-corrected chi connectivity index (χ3v) is 4.24. The summed E-state index contributed by atoms with van der Waals surface area (Å²) in [4.78, 5) is 4.17. The maximum Gasteiger partial charge on any atom is 0.150 e. The normalized spacial score (nSPS) is 10.0. The van der Waals surface area contributed by atoms with Crippen LogP contribution in [0.15, 0.2) is 34.1 Å². The SMILES string of the molecule is OCCC#Cc1cc(F)cc(CSc2nccs2)c1. The molecule has 0 aliphatic rings. The Labute approximate surface area is 119 Å². The molecule has 2 nitrogen and oxygen atoms in total. The number of hydrogen-bond acceptors (Lipinski definition) is 4. The Morgan fingerprint density at radius 3 is 3.00 bits per heavy atom. The Morgan fingerprint density at radius 2 is 2.26 bits per heavy atom. The molecule has 19 heavy (non-hydrogen) atoms. The number of aromatic nitrogens is 1. The zero-order valence-corrected chi connectivity index (χ0v) is 11.7. The van der Waals surface area contributed by atoms with E-state index in [0.29, 0.717) is 17.7 Å². The molecule has 98 valence electrons. The van der Waals surface area contributed by atoms with Gasteiger partial charge in [0, 0.05) is 29.3 Å². The van der Waals surface area contributed by atoms with Gasteiger partial charge in [-0.15, -0.1) is 11.3 Å². The minimum Gasteiger partial charge on any atom is -0.395 e. The Hall–Kier alpha value is -1.35. The van der Waals surface area contributed by atoms with Gasteiger partial charge in [-0.05, 0) is 23.8 Å². The van der Waals surface area contributed by atoms with Crippen molar-refractivity contribution >= 4 is 23.1 Å². The van der Waals surface area contributed by atoms with Crippen LogP contribution in [0.3, 0.4) is 0 Å². The molecule has 0 fully saturated rings. The van der Waals surface area contributed by atoms with Crippen LogP contribution in [0, 0.1) is 17.7 Å². The van der Waals surface area contributed by atoms with E-state index >= 15 is 0 Å². The van der Waals surface area contributed by atoms with Crippen LogP contribution >= 0.6 is 23.1 Å². The number of thioether (sulfide) groups is 1. The largest absolute Gasteiger partial charge is 0.395 e. The molecular formula is C14H12FNOS2. The molecule has 2 aromatic rings. The Kier molecular flexibility index (Phi) is 5.40. The van der Waals surface area contributed by atoms with Gasteiger partial charge in [0.05, 0.1) is 6.61 Å². The fraction of sp³-hybridized carbons (Fsp3) is 0.214. The van der Waals surface area contributed by atoms with Gasteiger partial charge in [-0.25, -0.2) is 9.37 Å². The smallest absolute Gasteiger partial charge is 0.150 e. The molecule has 0 aliphatic carbocycles. The van der Waals surface area contributed by atoms with Crippen molar-refractivity contribution in [2.75, 3.05) is 6.61 Å². The summed E-state index contributed by atoms with van der Waals surface area (Å²) in [6.07, 6.45) is 2.16. The number of thiazole rings is 1. The zero-order chi connectivity index (χ0) is 13.5. The van der Waals surface area contributed by atoms with Crippen LogP contribution in [-0.2, 0) is 5.75 Å². The lowest BCUT2D eigenvalue weighted by Crippen LogP contribution is -1.87. The summed E-state index contributed by atoms with van der Waals surface area (Å²) in [5.41, 5.74) is 1.52. The van der Waals surface area contributed by atoms with Crippen LogP contribution < -0.4 is 0 Å². The number of hydrogen-bond donors (Lipinski definition) is 1. The van der Waals surface area contributed by atoms with Crippen LogP contribution in [-0.4, -0.2) is 16.7 Å². The molecule has 1 heterocycles. The lowest BCUT2D eigenvalue weighted by molar-refractivity contribution is 0.305. The predicted molar refractivity (Wildman–Crippen MR) is 76.7 cm³/mol. The number of rotatable bonds is 4. The van der Waals surface area contributed by atoms with Gasteiger partial charge >= 0.3 is 0 Å². The van der Waals surface area contributed by atoms with E-state index in [4.69, 9.17) is 5.11 Å². The summed E-state index contributed by atoms with van der Waals surface area (Å²) in [5.74, 6) is 6.02. The minimum absolute atomic E-state index is 0.0229. The average molecular weight is 293 g/mol. The second kappa shape index (κ2) is 7.29. The van der Waals surface area contributed by atoms with Crippen molar-refractivity contribution in [3.63, 3.8) is 0 Å². The number of benzene rings is 1. The Balaban J connectivity index is 2.06. The Bertz CT molecular complexity index is 587. The maximum absolute atomic E-state index is 13.5. The summed E-state index contributed by atoms with van der Waals surface area (Å²) in [7, 11) is 0. The van der Waals surface area contributed by atoms with E-state index in [0.717, 1.165) is 9.90 Å². The van der Waals surface area contributed by atoms with E-state index in [9.17, 15) is 4.39 Å². The van der Waals surface area contributed by atoms with E-state index in [-0.39, 0.29) is 12.4 Å². The summed E-state index contributed by atoms with van der Waals surface area (Å²) < 4.78 is 14.4.